The fourth-order valence-electron chi connectivity index (χ4n) is 13.6. The van der Waals surface area contributed by atoms with E-state index in [1.54, 1.807) is 31.2 Å². The fraction of sp³-hybridized carbons (Fsp3) is 0.532. The van der Waals surface area contributed by atoms with Crippen molar-refractivity contribution >= 4 is 133 Å². The molecule has 8 rings (SSSR count). The number of carboxylic acids is 1. The highest BCUT2D eigenvalue weighted by Gasteiger charge is 2.40. The highest BCUT2D eigenvalue weighted by molar-refractivity contribution is 8.76. The number of hydrogen-bond donors (Lipinski definition) is 12. The minimum atomic E-state index is -1.26. The Kier molecular flexibility index (Phi) is 32.3. The second-order valence-corrected chi connectivity index (χ2v) is 30.7. The van der Waals surface area contributed by atoms with Gasteiger partial charge in [0.15, 0.2) is 16.9 Å². The first kappa shape index (κ1) is 86.7. The number of rotatable bonds is 39. The summed E-state index contributed by atoms with van der Waals surface area (Å²) in [5.41, 5.74) is 17.0. The van der Waals surface area contributed by atoms with Gasteiger partial charge in [-0.05, 0) is 120 Å². The summed E-state index contributed by atoms with van der Waals surface area (Å²) in [6.45, 7) is 19.7. The number of ketones is 1. The predicted octanol–water partition coefficient (Wildman–Crippen LogP) is 6.62. The SMILES string of the molecule is CCCC(CCOC(C)(CC)CCO)=NC(=O)c1c2[nH]c(c1C)CC1N=C(/C=c3\[nH]/c(c(C)c3C(C)=O)=C\C3=NC(=C2CC(=O)OC)[C@@H](CCC(=O)NNC(=O)OCCSSC[C@H](NC(=O)CCOCCNC(=O)CC[C@@H](C)NC(=O)c2ccc(NCc4cnc5nc(N)[nH]c(=O)c5n4)cc2)C(=O)O)[C@@H]3C)[C@H](C)[C@H]1CC. The number of nitrogens with zero attached hydrogens (tertiary/aromatic N) is 6. The van der Waals surface area contributed by atoms with Crippen LogP contribution in [0.4, 0.5) is 16.4 Å². The number of aliphatic hydroxyl groups excluding tert-OH is 1. The third-order valence-electron chi connectivity index (χ3n) is 20.2. The molecule has 3 aliphatic rings. The molecule has 0 radical (unpaired) electrons. The van der Waals surface area contributed by atoms with Crippen LogP contribution in [0.15, 0.2) is 55.9 Å². The summed E-state index contributed by atoms with van der Waals surface area (Å²) in [6.07, 6.45) is 8.19. The molecule has 0 saturated heterocycles. The van der Waals surface area contributed by atoms with E-state index in [1.807, 2.05) is 53.7 Å². The maximum atomic E-state index is 15.2. The van der Waals surface area contributed by atoms with Gasteiger partial charge in [-0.3, -0.25) is 58.8 Å². The van der Waals surface area contributed by atoms with Crippen molar-refractivity contribution in [1.29, 1.82) is 0 Å². The quantitative estimate of drug-likeness (QED) is 0.00491. The molecule has 0 aliphatic carbocycles. The van der Waals surface area contributed by atoms with Crippen LogP contribution in [0.25, 0.3) is 28.9 Å². The molecule has 3 aliphatic heterocycles. The number of nitrogens with one attached hydrogen (secondary N) is 9. The minimum absolute atomic E-state index is 0.0140. The number of methoxy groups -OCH3 is 1. The summed E-state index contributed by atoms with van der Waals surface area (Å²) in [6, 6.07) is 4.90. The largest absolute Gasteiger partial charge is 0.480 e. The predicted molar refractivity (Wildman–Crippen MR) is 425 cm³/mol. The lowest BCUT2D eigenvalue weighted by Gasteiger charge is -2.28. The molecular weight excluding hydrogens is 1470 g/mol. The lowest BCUT2D eigenvalue weighted by Crippen LogP contribution is -2.42. The lowest BCUT2D eigenvalue weighted by molar-refractivity contribution is -0.141. The Morgan fingerprint density at radius 3 is 2.30 bits per heavy atom. The van der Waals surface area contributed by atoms with Crippen LogP contribution < -0.4 is 54.1 Å². The second-order valence-electron chi connectivity index (χ2n) is 28.1. The molecule has 7 heterocycles. The van der Waals surface area contributed by atoms with Gasteiger partial charge in [0.1, 0.15) is 12.6 Å². The number of aromatic amines is 3. The van der Waals surface area contributed by atoms with Gasteiger partial charge >= 0.3 is 18.0 Å². The third kappa shape index (κ3) is 24.1. The number of aliphatic imine (C=N–C) groups is 3. The normalized spacial score (nSPS) is 18.4. The lowest BCUT2D eigenvalue weighted by atomic mass is 9.83. The van der Waals surface area contributed by atoms with Gasteiger partial charge in [0.05, 0.1) is 85.7 Å². The van der Waals surface area contributed by atoms with Crippen molar-refractivity contribution in [2.45, 2.75) is 183 Å². The maximum absolute atomic E-state index is 15.2. The molecule has 0 saturated carbocycles. The number of carbonyl (C=O) groups is 9. The van der Waals surface area contributed by atoms with Gasteiger partial charge in [-0.1, -0.05) is 69.0 Å². The number of nitrogen functional groups attached to an aromatic ring is 1. The molecule has 8 atom stereocenters. The van der Waals surface area contributed by atoms with Crippen molar-refractivity contribution in [3.63, 3.8) is 0 Å². The first-order valence-corrected chi connectivity index (χ1v) is 40.0. The minimum Gasteiger partial charge on any atom is -0.480 e. The van der Waals surface area contributed by atoms with Crippen molar-refractivity contribution in [2.75, 3.05) is 69.2 Å². The summed E-state index contributed by atoms with van der Waals surface area (Å²) >= 11 is 0. The van der Waals surface area contributed by atoms with Crippen LogP contribution in [0.5, 0.6) is 0 Å². The molecule has 1 aromatic carbocycles. The molecular formula is C77H104N16O16S2. The molecule has 13 N–H and O–H groups in total. The van der Waals surface area contributed by atoms with Crippen LogP contribution in [0, 0.1) is 37.5 Å². The summed E-state index contributed by atoms with van der Waals surface area (Å²) in [4.78, 5) is 169. The zero-order valence-corrected chi connectivity index (χ0v) is 66.5. The number of carboxylic acid groups (broad SMARTS) is 1. The monoisotopic (exact) mass is 1570 g/mol. The highest BCUT2D eigenvalue weighted by atomic mass is 33.1. The number of ether oxygens (including phenoxy) is 4. The van der Waals surface area contributed by atoms with Crippen LogP contribution in [0.1, 0.15) is 192 Å². The van der Waals surface area contributed by atoms with Crippen molar-refractivity contribution in [1.82, 2.24) is 56.7 Å². The average molecular weight is 1570 g/mol. The van der Waals surface area contributed by atoms with Crippen LogP contribution in [0.2, 0.25) is 0 Å². The number of hydrazine groups is 1. The number of anilines is 2. The van der Waals surface area contributed by atoms with E-state index >= 15 is 4.79 Å². The topological polar surface area (TPSA) is 469 Å². The number of hydrogen-bond acceptors (Lipinski definition) is 24. The highest BCUT2D eigenvalue weighted by Crippen LogP contribution is 2.43. The van der Waals surface area contributed by atoms with Crippen molar-refractivity contribution < 1.29 is 72.3 Å². The Labute approximate surface area is 651 Å². The van der Waals surface area contributed by atoms with Crippen LogP contribution in [-0.4, -0.2) is 193 Å². The summed E-state index contributed by atoms with van der Waals surface area (Å²) in [5, 5.41) is 32.1. The Morgan fingerprint density at radius 2 is 1.59 bits per heavy atom. The zero-order chi connectivity index (χ0) is 80.6. The van der Waals surface area contributed by atoms with E-state index in [1.165, 1.54) is 31.0 Å². The second kappa shape index (κ2) is 41.4. The van der Waals surface area contributed by atoms with Gasteiger partial charge < -0.3 is 66.1 Å². The number of H-pyrrole nitrogens is 3. The van der Waals surface area contributed by atoms with Gasteiger partial charge in [-0.2, -0.15) is 4.98 Å². The van der Waals surface area contributed by atoms with Gasteiger partial charge in [-0.25, -0.2) is 30.0 Å². The van der Waals surface area contributed by atoms with Gasteiger partial charge in [0.25, 0.3) is 17.4 Å². The molecule has 4 aromatic heterocycles. The first-order valence-electron chi connectivity index (χ1n) is 37.5. The van der Waals surface area contributed by atoms with Crippen LogP contribution in [-0.2, 0) is 55.9 Å². The van der Waals surface area contributed by atoms with Crippen LogP contribution in [0.3, 0.4) is 0 Å². The first-order chi connectivity index (χ1) is 53.1. The number of aromatic nitrogens is 6. The smallest absolute Gasteiger partial charge is 0.426 e. The van der Waals surface area contributed by atoms with Crippen molar-refractivity contribution in [2.24, 2.45) is 38.6 Å². The Morgan fingerprint density at radius 1 is 0.838 bits per heavy atom. The Bertz CT molecular complexity index is 4550. The average Bonchev–Trinajstić information content (AvgIpc) is 1.60. The molecule has 0 fully saturated rings. The van der Waals surface area contributed by atoms with Crippen LogP contribution >= 0.6 is 21.6 Å². The number of carbonyl (C=O) groups excluding carboxylic acids is 8. The maximum Gasteiger partial charge on any atom is 0.426 e. The van der Waals surface area contributed by atoms with E-state index in [2.05, 4.69) is 75.9 Å². The standard InChI is InChI=1S/C77H104N16O16S2/c1-12-15-49(24-30-109-77(10,14-3)26-28-94)84-72(101)66-45(8)57-36-58-51(13-2)42(5)54(85-58)37-59-65(46(9)95)44(7)56(86-59)35-55-43(6)52(67(88-55)53(68(66)89-57)34-64(99)106-11)21-23-63(98)92-93-76(105)108-32-33-110-111-40-60(74(103)104)87-62(97)25-29-107-31-27-79-61(96)22-16-41(4)82-71(100)47-17-19-48(20-18-47)80-38-50-39-81-70-69(83-50)73(102)91-75(78)90-70/h17-20,35,37,39,41-43,51-52,58,60,80,86,89,94H,12-16,21-34,36,38,40H2,1-11H3,(H,79,96)(H,82,100)(H,87,97)(H,92,98)(H,93,105)(H,103,104)(H3,78,81,90,91,102)/b56-35-,59-37-,67-53?,84-49?/t41-,42-,43+,51-,52+,58?,60+,77?/m1/s1. The van der Waals surface area contributed by atoms with Gasteiger partial charge in [0, 0.05) is 131 Å². The third-order valence-corrected chi connectivity index (χ3v) is 22.5. The number of nitrogens with two attached hydrogens (primary N) is 1. The van der Waals surface area contributed by atoms with E-state index in [4.69, 9.17) is 39.7 Å². The molecule has 600 valence electrons. The zero-order valence-electron chi connectivity index (χ0n) is 64.8. The number of amides is 6. The van der Waals surface area contributed by atoms with Gasteiger partial charge in [0.2, 0.25) is 23.7 Å². The Balaban J connectivity index is 0.805. The Hall–Kier alpha value is -9.90. The molecule has 8 bridgehead atoms. The fourth-order valence-corrected chi connectivity index (χ4v) is 15.6. The van der Waals surface area contributed by atoms with Crippen molar-refractivity contribution in [3.8, 4) is 0 Å². The number of aliphatic carboxylic acids is 1. The summed E-state index contributed by atoms with van der Waals surface area (Å²) < 4.78 is 22.5. The summed E-state index contributed by atoms with van der Waals surface area (Å²) in [5.74, 6) is -5.06. The van der Waals surface area contributed by atoms with Gasteiger partial charge in [-0.15, -0.1) is 0 Å². The molecule has 2 unspecified atom stereocenters. The number of Topliss-reactive ketones (excluding diaryl/α,β-unsaturated/α-hetero) is 1. The van der Waals surface area contributed by atoms with Crippen molar-refractivity contribution in [3.05, 3.63) is 102 Å². The van der Waals surface area contributed by atoms with E-state index in [-0.39, 0.29) is 154 Å². The molecule has 0 spiro atoms. The number of aliphatic hydroxyl groups is 1. The molecule has 34 heteroatoms. The van der Waals surface area contributed by atoms with E-state index < -0.39 is 64.8 Å². The van der Waals surface area contributed by atoms with E-state index in [0.717, 1.165) is 22.9 Å². The molecule has 111 heavy (non-hydrogen) atoms. The molecule has 32 nitrogen and oxygen atoms in total. The van der Waals surface area contributed by atoms with E-state index in [0.29, 0.717) is 123 Å². The number of esters is 1. The number of fused-ring (bicyclic) bond motifs is 7. The summed E-state index contributed by atoms with van der Waals surface area (Å²) in [7, 11) is 3.60. The van der Waals surface area contributed by atoms with E-state index in [9.17, 15) is 53.4 Å². The molecule has 5 aromatic rings. The number of benzene rings is 1. The number of allylic oxidation sites excluding steroid dienone is 1. The molecule has 6 amide bonds.